The Kier molecular flexibility index (Phi) is 2.13. The third-order valence-corrected chi connectivity index (χ3v) is 2.63. The molecule has 0 radical (unpaired) electrons. The molecule has 0 unspecified atom stereocenters. The fraction of sp³-hybridized carbons (Fsp3) is 0.455. The molecular weight excluding hydrogens is 148 g/mol. The van der Waals surface area contributed by atoms with Crippen LogP contribution in [0.1, 0.15) is 17.5 Å². The summed E-state index contributed by atoms with van der Waals surface area (Å²) < 4.78 is 5.35. The summed E-state index contributed by atoms with van der Waals surface area (Å²) in [4.78, 5) is 0. The van der Waals surface area contributed by atoms with Crippen LogP contribution >= 0.6 is 0 Å². The summed E-state index contributed by atoms with van der Waals surface area (Å²) in [5.41, 5.74) is 2.97. The number of ether oxygens (including phenoxy) is 1. The molecule has 0 amide bonds. The lowest BCUT2D eigenvalue weighted by Crippen LogP contribution is -2.20. The number of rotatable bonds is 1. The van der Waals surface area contributed by atoms with Crippen molar-refractivity contribution < 1.29 is 4.74 Å². The van der Waals surface area contributed by atoms with Gasteiger partial charge in [0.2, 0.25) is 0 Å². The molecule has 0 heterocycles. The monoisotopic (exact) mass is 162 g/mol. The molecule has 1 nitrogen and oxygen atoms in total. The van der Waals surface area contributed by atoms with E-state index >= 15 is 0 Å². The van der Waals surface area contributed by atoms with Crippen LogP contribution in [0.4, 0.5) is 0 Å². The molecule has 2 rings (SSSR count). The van der Waals surface area contributed by atoms with Crippen LogP contribution in [0.5, 0.6) is 0 Å². The van der Waals surface area contributed by atoms with Crippen LogP contribution in [-0.2, 0) is 17.6 Å². The van der Waals surface area contributed by atoms with E-state index in [1.807, 2.05) is 0 Å². The Morgan fingerprint density at radius 2 is 2.00 bits per heavy atom. The van der Waals surface area contributed by atoms with Gasteiger partial charge in [-0.05, 0) is 30.4 Å². The van der Waals surface area contributed by atoms with Crippen molar-refractivity contribution in [3.05, 3.63) is 35.4 Å². The van der Waals surface area contributed by atoms with Crippen molar-refractivity contribution in [3.63, 3.8) is 0 Å². The number of methoxy groups -OCH3 is 1. The number of fused-ring (bicyclic) bond motifs is 1. The van der Waals surface area contributed by atoms with Crippen molar-refractivity contribution in [3.8, 4) is 0 Å². The summed E-state index contributed by atoms with van der Waals surface area (Å²) in [6.07, 6.45) is 3.88. The smallest absolute Gasteiger partial charge is 0.0614 e. The van der Waals surface area contributed by atoms with E-state index in [0.29, 0.717) is 6.10 Å². The lowest BCUT2D eigenvalue weighted by molar-refractivity contribution is 0.0911. The second kappa shape index (κ2) is 3.28. The van der Waals surface area contributed by atoms with E-state index in [-0.39, 0.29) is 0 Å². The van der Waals surface area contributed by atoms with Gasteiger partial charge in [-0.2, -0.15) is 0 Å². The Bertz CT molecular complexity index is 267. The zero-order valence-corrected chi connectivity index (χ0v) is 7.42. The van der Waals surface area contributed by atoms with Crippen molar-refractivity contribution in [2.75, 3.05) is 7.11 Å². The number of hydrogen-bond donors (Lipinski definition) is 0. The van der Waals surface area contributed by atoms with Crippen LogP contribution in [0.25, 0.3) is 0 Å². The van der Waals surface area contributed by atoms with Crippen molar-refractivity contribution >= 4 is 0 Å². The van der Waals surface area contributed by atoms with E-state index in [0.717, 1.165) is 6.42 Å². The van der Waals surface area contributed by atoms with E-state index < -0.39 is 0 Å². The molecule has 0 bridgehead atoms. The summed E-state index contributed by atoms with van der Waals surface area (Å²) in [5.74, 6) is 0. The van der Waals surface area contributed by atoms with Crippen LogP contribution in [0.3, 0.4) is 0 Å². The summed E-state index contributed by atoms with van der Waals surface area (Å²) >= 11 is 0. The van der Waals surface area contributed by atoms with Crippen molar-refractivity contribution in [2.24, 2.45) is 0 Å². The van der Waals surface area contributed by atoms with Gasteiger partial charge in [-0.3, -0.25) is 0 Å². The molecule has 1 aliphatic carbocycles. The highest BCUT2D eigenvalue weighted by molar-refractivity contribution is 5.29. The normalized spacial score (nSPS) is 21.9. The molecule has 0 spiro atoms. The Balaban J connectivity index is 2.23. The van der Waals surface area contributed by atoms with Crippen LogP contribution in [0.2, 0.25) is 0 Å². The van der Waals surface area contributed by atoms with Gasteiger partial charge in [0.1, 0.15) is 0 Å². The van der Waals surface area contributed by atoms with Crippen LogP contribution in [-0.4, -0.2) is 13.2 Å². The number of hydrogen-bond acceptors (Lipinski definition) is 1. The van der Waals surface area contributed by atoms with E-state index in [1.165, 1.54) is 24.0 Å². The molecule has 1 aromatic rings. The summed E-state index contributed by atoms with van der Waals surface area (Å²) in [5, 5.41) is 0. The fourth-order valence-corrected chi connectivity index (χ4v) is 1.87. The average Bonchev–Trinajstić information content (AvgIpc) is 2.17. The zero-order chi connectivity index (χ0) is 8.39. The van der Waals surface area contributed by atoms with Crippen molar-refractivity contribution in [2.45, 2.75) is 25.4 Å². The minimum absolute atomic E-state index is 0.444. The van der Waals surface area contributed by atoms with E-state index in [9.17, 15) is 0 Å². The van der Waals surface area contributed by atoms with Gasteiger partial charge >= 0.3 is 0 Å². The number of benzene rings is 1. The first-order chi connectivity index (χ1) is 5.90. The quantitative estimate of drug-likeness (QED) is 0.615. The molecule has 0 saturated heterocycles. The minimum Gasteiger partial charge on any atom is -0.381 e. The van der Waals surface area contributed by atoms with Crippen LogP contribution in [0.15, 0.2) is 24.3 Å². The molecule has 1 atom stereocenters. The maximum Gasteiger partial charge on any atom is 0.0614 e. The number of aryl methyl sites for hydroxylation is 1. The molecule has 0 fully saturated rings. The third-order valence-electron chi connectivity index (χ3n) is 2.63. The Morgan fingerprint density at radius 3 is 2.75 bits per heavy atom. The molecule has 1 aromatic carbocycles. The summed E-state index contributed by atoms with van der Waals surface area (Å²) in [6, 6.07) is 8.66. The summed E-state index contributed by atoms with van der Waals surface area (Å²) in [7, 11) is 1.80. The molecule has 0 aliphatic heterocycles. The SMILES string of the molecule is CO[C@H]1CCc2ccccc2C1. The van der Waals surface area contributed by atoms with Gasteiger partial charge < -0.3 is 4.74 Å². The minimum atomic E-state index is 0.444. The molecule has 64 valence electrons. The van der Waals surface area contributed by atoms with Crippen LogP contribution < -0.4 is 0 Å². The third kappa shape index (κ3) is 1.37. The fourth-order valence-electron chi connectivity index (χ4n) is 1.87. The van der Waals surface area contributed by atoms with Gasteiger partial charge in [-0.1, -0.05) is 24.3 Å². The predicted octanol–water partition coefficient (Wildman–Crippen LogP) is 2.19. The van der Waals surface area contributed by atoms with Crippen molar-refractivity contribution in [1.82, 2.24) is 0 Å². The Labute approximate surface area is 73.4 Å². The topological polar surface area (TPSA) is 9.23 Å². The zero-order valence-electron chi connectivity index (χ0n) is 7.42. The van der Waals surface area contributed by atoms with E-state index in [2.05, 4.69) is 24.3 Å². The molecule has 0 saturated carbocycles. The highest BCUT2D eigenvalue weighted by Gasteiger charge is 2.16. The first-order valence-electron chi connectivity index (χ1n) is 4.49. The second-order valence-electron chi connectivity index (χ2n) is 3.37. The average molecular weight is 162 g/mol. The largest absolute Gasteiger partial charge is 0.381 e. The van der Waals surface area contributed by atoms with Gasteiger partial charge in [0.05, 0.1) is 6.10 Å². The van der Waals surface area contributed by atoms with Gasteiger partial charge in [-0.25, -0.2) is 0 Å². The van der Waals surface area contributed by atoms with Crippen molar-refractivity contribution in [1.29, 1.82) is 0 Å². The first-order valence-corrected chi connectivity index (χ1v) is 4.49. The van der Waals surface area contributed by atoms with Gasteiger partial charge in [-0.15, -0.1) is 0 Å². The standard InChI is InChI=1S/C11H14O/c1-12-11-7-6-9-4-2-3-5-10(9)8-11/h2-5,11H,6-8H2,1H3/t11-/m0/s1. The molecule has 1 aliphatic rings. The molecule has 0 N–H and O–H groups in total. The lowest BCUT2D eigenvalue weighted by Gasteiger charge is -2.22. The predicted molar refractivity (Wildman–Crippen MR) is 49.3 cm³/mol. The molecule has 0 aromatic heterocycles. The Hall–Kier alpha value is -0.820. The van der Waals surface area contributed by atoms with Gasteiger partial charge in [0, 0.05) is 7.11 Å². The second-order valence-corrected chi connectivity index (χ2v) is 3.37. The van der Waals surface area contributed by atoms with Gasteiger partial charge in [0.25, 0.3) is 0 Å². The molecular formula is C11H14O. The summed E-state index contributed by atoms with van der Waals surface area (Å²) in [6.45, 7) is 0. The molecule has 1 heteroatoms. The lowest BCUT2D eigenvalue weighted by atomic mass is 9.90. The molecule has 12 heavy (non-hydrogen) atoms. The maximum absolute atomic E-state index is 5.35. The van der Waals surface area contributed by atoms with E-state index in [1.54, 1.807) is 7.11 Å². The van der Waals surface area contributed by atoms with Gasteiger partial charge in [0.15, 0.2) is 0 Å². The Morgan fingerprint density at radius 1 is 1.25 bits per heavy atom. The highest BCUT2D eigenvalue weighted by Crippen LogP contribution is 2.22. The maximum atomic E-state index is 5.35. The highest BCUT2D eigenvalue weighted by atomic mass is 16.5. The van der Waals surface area contributed by atoms with E-state index in [4.69, 9.17) is 4.74 Å². The first kappa shape index (κ1) is 7.81. The van der Waals surface area contributed by atoms with Crippen LogP contribution in [0, 0.1) is 0 Å².